The maximum Gasteiger partial charge on any atom is 0.534 e. The van der Waals surface area contributed by atoms with Crippen molar-refractivity contribution < 1.29 is 44.1 Å². The van der Waals surface area contributed by atoms with Gasteiger partial charge in [-0.2, -0.15) is 0 Å². The lowest BCUT2D eigenvalue weighted by Crippen LogP contribution is -2.55. The molecular formula is C35H40BN3O9. The molecule has 2 heterocycles. The van der Waals surface area contributed by atoms with E-state index in [9.17, 15) is 29.7 Å². The first kappa shape index (κ1) is 35.1. The van der Waals surface area contributed by atoms with E-state index in [4.69, 9.17) is 14.4 Å². The Hall–Kier alpha value is -4.24. The normalized spacial score (nSPS) is 18.0. The van der Waals surface area contributed by atoms with Crippen LogP contribution in [0.1, 0.15) is 36.2 Å². The summed E-state index contributed by atoms with van der Waals surface area (Å²) in [6.45, 7) is 2.70. The molecule has 5 rings (SSSR count). The summed E-state index contributed by atoms with van der Waals surface area (Å²) in [5, 5.41) is 47.7. The van der Waals surface area contributed by atoms with Crippen LogP contribution in [0.2, 0.25) is 0 Å². The Kier molecular flexibility index (Phi) is 11.5. The Morgan fingerprint density at radius 2 is 1.62 bits per heavy atom. The van der Waals surface area contributed by atoms with Gasteiger partial charge < -0.3 is 45.2 Å². The number of carbonyl (C=O) groups excluding carboxylic acids is 3. The Morgan fingerprint density at radius 1 is 0.917 bits per heavy atom. The fraction of sp³-hybridized carbons (Fsp3) is 0.371. The van der Waals surface area contributed by atoms with Gasteiger partial charge in [-0.05, 0) is 40.8 Å². The van der Waals surface area contributed by atoms with Crippen molar-refractivity contribution in [3.05, 3.63) is 90.1 Å². The lowest BCUT2D eigenvalue weighted by atomic mass is 9.76. The summed E-state index contributed by atoms with van der Waals surface area (Å²) in [6, 6.07) is 20.1. The summed E-state index contributed by atoms with van der Waals surface area (Å²) in [7, 11) is -1.47. The molecule has 0 radical (unpaired) electrons. The van der Waals surface area contributed by atoms with Crippen molar-refractivity contribution >= 4 is 46.3 Å². The zero-order chi connectivity index (χ0) is 34.4. The molecule has 48 heavy (non-hydrogen) atoms. The molecule has 13 heteroatoms. The fourth-order valence-electron chi connectivity index (χ4n) is 5.88. The van der Waals surface area contributed by atoms with Crippen molar-refractivity contribution in [2.24, 2.45) is 5.92 Å². The highest BCUT2D eigenvalue weighted by Crippen LogP contribution is 2.22. The Balaban J connectivity index is 1.39. The van der Waals surface area contributed by atoms with E-state index in [2.05, 4.69) is 15.6 Å². The van der Waals surface area contributed by atoms with Crippen molar-refractivity contribution in [2.75, 3.05) is 13.2 Å². The molecule has 12 nitrogen and oxygen atoms in total. The van der Waals surface area contributed by atoms with Crippen molar-refractivity contribution in [3.8, 4) is 0 Å². The molecule has 1 saturated heterocycles. The van der Waals surface area contributed by atoms with Gasteiger partial charge in [0.05, 0.1) is 36.4 Å². The molecule has 1 aliphatic rings. The molecule has 3 aromatic carbocycles. The van der Waals surface area contributed by atoms with Crippen LogP contribution >= 0.6 is 0 Å². The summed E-state index contributed by atoms with van der Waals surface area (Å²) in [5.41, 5.74) is 0.986. The van der Waals surface area contributed by atoms with E-state index in [1.54, 1.807) is 24.4 Å². The minimum atomic E-state index is -1.74. The van der Waals surface area contributed by atoms with Gasteiger partial charge >= 0.3 is 7.12 Å². The third-order valence-electron chi connectivity index (χ3n) is 8.42. The number of para-hydroxylation sites is 1. The number of aliphatic hydroxyl groups excluding tert-OH is 4. The first-order valence-corrected chi connectivity index (χ1v) is 15.9. The fourth-order valence-corrected chi connectivity index (χ4v) is 5.88. The lowest BCUT2D eigenvalue weighted by Gasteiger charge is -2.26. The number of benzene rings is 3. The average molecular weight is 658 g/mol. The standard InChI is InChI=1S/C35H40BN3O9/c1-20(2)16-26(33(44)36-47-19-29(48-36)32(43)31(42)28(41)18-40)38-35(46)27(17-23-11-5-9-21-8-3-4-13-24(21)23)39-34(45)25-14-6-10-22-12-7-15-37-30(22)25/h3-15,20,26-29,31-32,40-43H,16-19H2,1-2H3,(H,38,46)(H,39,45). The number of nitrogens with one attached hydrogen (secondary N) is 2. The van der Waals surface area contributed by atoms with Gasteiger partial charge in [0.2, 0.25) is 5.91 Å². The first-order chi connectivity index (χ1) is 23.1. The predicted octanol–water partition coefficient (Wildman–Crippen LogP) is 1.35. The van der Waals surface area contributed by atoms with E-state index in [0.29, 0.717) is 11.1 Å². The third kappa shape index (κ3) is 8.07. The van der Waals surface area contributed by atoms with Gasteiger partial charge in [0.25, 0.3) is 5.91 Å². The van der Waals surface area contributed by atoms with Crippen LogP contribution in [0, 0.1) is 5.92 Å². The van der Waals surface area contributed by atoms with Gasteiger partial charge in [0, 0.05) is 18.0 Å². The summed E-state index contributed by atoms with van der Waals surface area (Å²) in [5.74, 6) is -1.15. The van der Waals surface area contributed by atoms with Crippen LogP contribution in [-0.2, 0) is 25.3 Å². The van der Waals surface area contributed by atoms with Crippen molar-refractivity contribution in [3.63, 3.8) is 0 Å². The number of amides is 2. The summed E-state index contributed by atoms with van der Waals surface area (Å²) >= 11 is 0. The van der Waals surface area contributed by atoms with Crippen LogP contribution in [0.25, 0.3) is 21.7 Å². The highest BCUT2D eigenvalue weighted by atomic mass is 16.7. The summed E-state index contributed by atoms with van der Waals surface area (Å²) < 4.78 is 11.1. The predicted molar refractivity (Wildman–Crippen MR) is 179 cm³/mol. The molecule has 0 saturated carbocycles. The van der Waals surface area contributed by atoms with Gasteiger partial charge in [-0.25, -0.2) is 0 Å². The molecule has 0 aliphatic carbocycles. The molecule has 1 aromatic heterocycles. The van der Waals surface area contributed by atoms with Crippen molar-refractivity contribution in [1.82, 2.24) is 15.6 Å². The smallest absolute Gasteiger partial charge is 0.403 e. The van der Waals surface area contributed by atoms with Crippen LogP contribution in [0.15, 0.2) is 79.0 Å². The average Bonchev–Trinajstić information content (AvgIpc) is 3.59. The number of hydrogen-bond donors (Lipinski definition) is 6. The monoisotopic (exact) mass is 657 g/mol. The second kappa shape index (κ2) is 15.8. The molecule has 2 amide bonds. The summed E-state index contributed by atoms with van der Waals surface area (Å²) in [4.78, 5) is 45.9. The maximum atomic E-state index is 14.1. The molecule has 1 fully saturated rings. The number of fused-ring (bicyclic) bond motifs is 2. The van der Waals surface area contributed by atoms with Crippen LogP contribution in [0.4, 0.5) is 0 Å². The number of rotatable bonds is 14. The molecule has 0 bridgehead atoms. The second-order valence-corrected chi connectivity index (χ2v) is 12.4. The number of hydrogen-bond acceptors (Lipinski definition) is 10. The number of carbonyl (C=O) groups is 3. The van der Waals surface area contributed by atoms with Crippen LogP contribution < -0.4 is 10.6 Å². The maximum absolute atomic E-state index is 14.1. The Bertz CT molecular complexity index is 1740. The van der Waals surface area contributed by atoms with Gasteiger partial charge in [-0.15, -0.1) is 0 Å². The summed E-state index contributed by atoms with van der Waals surface area (Å²) in [6.07, 6.45) is -4.24. The highest BCUT2D eigenvalue weighted by molar-refractivity contribution is 6.82. The third-order valence-corrected chi connectivity index (χ3v) is 8.42. The molecular weight excluding hydrogens is 617 g/mol. The molecule has 6 atom stereocenters. The van der Waals surface area contributed by atoms with Crippen LogP contribution in [0.5, 0.6) is 0 Å². The van der Waals surface area contributed by atoms with Crippen LogP contribution in [0.3, 0.4) is 0 Å². The van der Waals surface area contributed by atoms with Gasteiger partial charge in [-0.1, -0.05) is 74.5 Å². The van der Waals surface area contributed by atoms with Gasteiger partial charge in [0.15, 0.2) is 5.68 Å². The minimum Gasteiger partial charge on any atom is -0.403 e. The number of aromatic nitrogens is 1. The first-order valence-electron chi connectivity index (χ1n) is 15.9. The SMILES string of the molecule is CC(C)CC(NC(=O)C(Cc1cccc2ccccc12)NC(=O)c1cccc2cccnc12)C(=O)B1OCC(C(O)C(O)C(O)CO)O1. The second-order valence-electron chi connectivity index (χ2n) is 12.4. The highest BCUT2D eigenvalue weighted by Gasteiger charge is 2.46. The molecule has 0 spiro atoms. The molecule has 4 aromatic rings. The van der Waals surface area contributed by atoms with E-state index in [-0.39, 0.29) is 25.4 Å². The molecule has 1 aliphatic heterocycles. The molecule has 252 valence electrons. The van der Waals surface area contributed by atoms with Crippen LogP contribution in [-0.4, -0.2) is 99.7 Å². The van der Waals surface area contributed by atoms with E-state index in [0.717, 1.165) is 21.7 Å². The number of pyridine rings is 1. The quantitative estimate of drug-likeness (QED) is 0.108. The van der Waals surface area contributed by atoms with Crippen molar-refractivity contribution in [1.29, 1.82) is 0 Å². The van der Waals surface area contributed by atoms with Gasteiger partial charge in [-0.3, -0.25) is 14.6 Å². The van der Waals surface area contributed by atoms with E-state index in [1.807, 2.05) is 68.4 Å². The zero-order valence-corrected chi connectivity index (χ0v) is 26.7. The molecule has 6 N–H and O–H groups in total. The molecule has 6 unspecified atom stereocenters. The van der Waals surface area contributed by atoms with Gasteiger partial charge in [0.1, 0.15) is 24.4 Å². The topological polar surface area (TPSA) is 188 Å². The minimum absolute atomic E-state index is 0.0450. The van der Waals surface area contributed by atoms with E-state index >= 15 is 0 Å². The number of aliphatic hydroxyl groups is 4. The number of nitrogens with zero attached hydrogens (tertiary/aromatic N) is 1. The largest absolute Gasteiger partial charge is 0.534 e. The van der Waals surface area contributed by atoms with E-state index in [1.165, 1.54) is 0 Å². The zero-order valence-electron chi connectivity index (χ0n) is 26.7. The Morgan fingerprint density at radius 3 is 2.40 bits per heavy atom. The van der Waals surface area contributed by atoms with Crippen molar-refractivity contribution in [2.45, 2.75) is 63.2 Å². The van der Waals surface area contributed by atoms with E-state index < -0.39 is 67.7 Å². The Labute approximate surface area is 278 Å². The lowest BCUT2D eigenvalue weighted by molar-refractivity contribution is -0.127.